The highest BCUT2D eigenvalue weighted by Crippen LogP contribution is 2.41. The van der Waals surface area contributed by atoms with Crippen LogP contribution in [-0.4, -0.2) is 24.6 Å². The first kappa shape index (κ1) is 22.3. The van der Waals surface area contributed by atoms with Crippen LogP contribution in [0.1, 0.15) is 53.9 Å². The molecule has 3 N–H and O–H groups in total. The highest BCUT2D eigenvalue weighted by atomic mass is 15.0. The molecule has 0 unspecified atom stereocenters. The van der Waals surface area contributed by atoms with Crippen LogP contribution in [-0.2, 0) is 13.0 Å². The Labute approximate surface area is 192 Å². The van der Waals surface area contributed by atoms with E-state index in [1.54, 1.807) is 0 Å². The Kier molecular flexibility index (Phi) is 7.78. The summed E-state index contributed by atoms with van der Waals surface area (Å²) < 4.78 is 0. The van der Waals surface area contributed by atoms with Crippen LogP contribution in [0.4, 0.5) is 11.5 Å². The van der Waals surface area contributed by atoms with E-state index in [0.29, 0.717) is 12.0 Å². The van der Waals surface area contributed by atoms with Gasteiger partial charge in [0.2, 0.25) is 0 Å². The minimum absolute atomic E-state index is 0.541. The Morgan fingerprint density at radius 2 is 1.53 bits per heavy atom. The number of benzene rings is 2. The summed E-state index contributed by atoms with van der Waals surface area (Å²) in [5.41, 5.74) is 6.57. The fourth-order valence-corrected chi connectivity index (χ4v) is 4.91. The molecule has 4 nitrogen and oxygen atoms in total. The Morgan fingerprint density at radius 3 is 2.19 bits per heavy atom. The van der Waals surface area contributed by atoms with Crippen LogP contribution in [0.5, 0.6) is 0 Å². The van der Waals surface area contributed by atoms with Gasteiger partial charge in [0, 0.05) is 43.6 Å². The van der Waals surface area contributed by atoms with Gasteiger partial charge in [-0.3, -0.25) is 0 Å². The molecule has 0 radical (unpaired) electrons. The van der Waals surface area contributed by atoms with Crippen molar-refractivity contribution in [2.45, 2.75) is 57.5 Å². The van der Waals surface area contributed by atoms with Gasteiger partial charge in [0.1, 0.15) is 5.82 Å². The summed E-state index contributed by atoms with van der Waals surface area (Å²) in [5.74, 6) is 1.59. The maximum absolute atomic E-state index is 4.82. The lowest BCUT2D eigenvalue weighted by atomic mass is 9.80. The zero-order valence-corrected chi connectivity index (χ0v) is 19.4. The van der Waals surface area contributed by atoms with Gasteiger partial charge in [0.05, 0.1) is 0 Å². The second-order valence-corrected chi connectivity index (χ2v) is 8.91. The predicted molar refractivity (Wildman–Crippen MR) is 135 cm³/mol. The number of pyridine rings is 1. The molecule has 1 heterocycles. The molecule has 0 bridgehead atoms. The average Bonchev–Trinajstić information content (AvgIpc) is 2.85. The van der Waals surface area contributed by atoms with Crippen LogP contribution in [0.25, 0.3) is 0 Å². The van der Waals surface area contributed by atoms with Gasteiger partial charge in [-0.2, -0.15) is 0 Å². The van der Waals surface area contributed by atoms with Crippen molar-refractivity contribution in [3.63, 3.8) is 0 Å². The fourth-order valence-electron chi connectivity index (χ4n) is 4.91. The van der Waals surface area contributed by atoms with Crippen molar-refractivity contribution >= 4 is 11.5 Å². The monoisotopic (exact) mass is 428 g/mol. The molecule has 0 spiro atoms. The van der Waals surface area contributed by atoms with Crippen molar-refractivity contribution < 1.29 is 0 Å². The van der Waals surface area contributed by atoms with Crippen LogP contribution in [0, 0.1) is 6.92 Å². The molecule has 1 aliphatic carbocycles. The minimum Gasteiger partial charge on any atom is -0.388 e. The highest BCUT2D eigenvalue weighted by Gasteiger charge is 2.27. The maximum Gasteiger partial charge on any atom is 0.131 e. The van der Waals surface area contributed by atoms with Crippen LogP contribution in [0.3, 0.4) is 0 Å². The summed E-state index contributed by atoms with van der Waals surface area (Å²) in [6.45, 7) is 4.00. The molecule has 0 amide bonds. The minimum atomic E-state index is 0.541. The number of aryl methyl sites for hydroxylation is 1. The number of aromatic nitrogens is 1. The van der Waals surface area contributed by atoms with Gasteiger partial charge in [-0.25, -0.2) is 4.98 Å². The first-order chi connectivity index (χ1) is 15.7. The maximum atomic E-state index is 4.82. The first-order valence-electron chi connectivity index (χ1n) is 12.0. The fraction of sp³-hybridized carbons (Fsp3) is 0.393. The second-order valence-electron chi connectivity index (χ2n) is 8.91. The van der Waals surface area contributed by atoms with E-state index in [0.717, 1.165) is 25.3 Å². The number of rotatable bonds is 9. The Balaban J connectivity index is 1.39. The molecular weight excluding hydrogens is 392 g/mol. The van der Waals surface area contributed by atoms with Gasteiger partial charge in [-0.15, -0.1) is 0 Å². The summed E-state index contributed by atoms with van der Waals surface area (Å²) in [5, 5.41) is 10.9. The molecule has 0 atom stereocenters. The van der Waals surface area contributed by atoms with Gasteiger partial charge < -0.3 is 16.0 Å². The Morgan fingerprint density at radius 1 is 0.875 bits per heavy atom. The van der Waals surface area contributed by atoms with Crippen molar-refractivity contribution in [1.82, 2.24) is 10.3 Å². The van der Waals surface area contributed by atoms with Crippen molar-refractivity contribution in [2.75, 3.05) is 24.2 Å². The van der Waals surface area contributed by atoms with Crippen LogP contribution in [0.15, 0.2) is 66.9 Å². The largest absolute Gasteiger partial charge is 0.388 e. The first-order valence-corrected chi connectivity index (χ1v) is 12.0. The van der Waals surface area contributed by atoms with Crippen LogP contribution < -0.4 is 16.0 Å². The van der Waals surface area contributed by atoms with E-state index < -0.39 is 0 Å². The molecule has 32 heavy (non-hydrogen) atoms. The van der Waals surface area contributed by atoms with Gasteiger partial charge in [0.15, 0.2) is 0 Å². The SMILES string of the molecule is CNc1c(C)cnc(NCCc2ccccc2)c1C1CCC(NCc2ccccc2)CC1. The van der Waals surface area contributed by atoms with Gasteiger partial charge in [0.25, 0.3) is 0 Å². The molecule has 1 aliphatic rings. The zero-order chi connectivity index (χ0) is 22.2. The van der Waals surface area contributed by atoms with Crippen molar-refractivity contribution in [3.8, 4) is 0 Å². The summed E-state index contributed by atoms with van der Waals surface area (Å²) >= 11 is 0. The number of nitrogens with zero attached hydrogens (tertiary/aromatic N) is 1. The van der Waals surface area contributed by atoms with Gasteiger partial charge in [-0.05, 0) is 61.6 Å². The Hall–Kier alpha value is -2.85. The molecule has 0 aliphatic heterocycles. The zero-order valence-electron chi connectivity index (χ0n) is 19.4. The lowest BCUT2D eigenvalue weighted by Crippen LogP contribution is -2.32. The molecular formula is C28H36N4. The average molecular weight is 429 g/mol. The summed E-state index contributed by atoms with van der Waals surface area (Å²) in [6, 6.07) is 22.0. The molecule has 4 heteroatoms. The predicted octanol–water partition coefficient (Wildman–Crippen LogP) is 5.90. The van der Waals surface area contributed by atoms with E-state index in [1.807, 2.05) is 13.2 Å². The lowest BCUT2D eigenvalue weighted by Gasteiger charge is -2.32. The number of nitrogens with one attached hydrogen (secondary N) is 3. The molecule has 1 saturated carbocycles. The van der Waals surface area contributed by atoms with E-state index >= 15 is 0 Å². The van der Waals surface area contributed by atoms with Crippen molar-refractivity contribution in [3.05, 3.63) is 89.1 Å². The van der Waals surface area contributed by atoms with E-state index in [4.69, 9.17) is 4.98 Å². The quantitative estimate of drug-likeness (QED) is 0.397. The topological polar surface area (TPSA) is 49.0 Å². The lowest BCUT2D eigenvalue weighted by molar-refractivity contribution is 0.342. The standard InChI is InChI=1S/C28H36N4/c1-21-19-32-28(30-18-17-22-9-5-3-6-10-22)26(27(21)29-2)24-13-15-25(16-14-24)31-20-23-11-7-4-8-12-23/h3-12,19,24-25,31H,13-18,20H2,1-2H3,(H2,29,30,32). The molecule has 3 aromatic rings. The van der Waals surface area contributed by atoms with Crippen molar-refractivity contribution in [1.29, 1.82) is 0 Å². The van der Waals surface area contributed by atoms with Crippen LogP contribution in [0.2, 0.25) is 0 Å². The number of hydrogen-bond acceptors (Lipinski definition) is 4. The molecule has 1 aromatic heterocycles. The van der Waals surface area contributed by atoms with E-state index in [2.05, 4.69) is 83.5 Å². The summed E-state index contributed by atoms with van der Waals surface area (Å²) in [6.07, 6.45) is 7.80. The molecule has 168 valence electrons. The Bertz CT molecular complexity index is 963. The molecule has 1 fully saturated rings. The third-order valence-corrected chi connectivity index (χ3v) is 6.68. The second kappa shape index (κ2) is 11.1. The molecule has 2 aromatic carbocycles. The van der Waals surface area contributed by atoms with Gasteiger partial charge in [-0.1, -0.05) is 60.7 Å². The van der Waals surface area contributed by atoms with E-state index in [1.165, 1.54) is 53.6 Å². The molecule has 4 rings (SSSR count). The summed E-state index contributed by atoms with van der Waals surface area (Å²) in [7, 11) is 2.03. The van der Waals surface area contributed by atoms with Crippen molar-refractivity contribution in [2.24, 2.45) is 0 Å². The third kappa shape index (κ3) is 5.68. The third-order valence-electron chi connectivity index (χ3n) is 6.68. The van der Waals surface area contributed by atoms with Crippen LogP contribution >= 0.6 is 0 Å². The van der Waals surface area contributed by atoms with Gasteiger partial charge >= 0.3 is 0 Å². The highest BCUT2D eigenvalue weighted by molar-refractivity contribution is 5.67. The number of anilines is 2. The number of hydrogen-bond donors (Lipinski definition) is 3. The van der Waals surface area contributed by atoms with E-state index in [9.17, 15) is 0 Å². The normalized spacial score (nSPS) is 18.3. The summed E-state index contributed by atoms with van der Waals surface area (Å²) in [4.78, 5) is 4.82. The molecule has 0 saturated heterocycles. The van der Waals surface area contributed by atoms with E-state index in [-0.39, 0.29) is 0 Å². The smallest absolute Gasteiger partial charge is 0.131 e.